The average Bonchev–Trinajstić information content (AvgIpc) is 2.17. The molecule has 0 amide bonds. The molecule has 80 valence electrons. The zero-order chi connectivity index (χ0) is 11.0. The molecule has 2 N–H and O–H groups in total. The minimum Gasteiger partial charge on any atom is -0.478 e. The van der Waals surface area contributed by atoms with Crippen LogP contribution in [-0.2, 0) is 13.0 Å². The van der Waals surface area contributed by atoms with Crippen LogP contribution in [-0.4, -0.2) is 17.6 Å². The van der Waals surface area contributed by atoms with Crippen LogP contribution in [0.15, 0.2) is 6.07 Å². The fourth-order valence-electron chi connectivity index (χ4n) is 1.77. The molecule has 2 rings (SSSR count). The van der Waals surface area contributed by atoms with Gasteiger partial charge in [0.1, 0.15) is 0 Å². The van der Waals surface area contributed by atoms with Crippen molar-refractivity contribution in [1.29, 1.82) is 0 Å². The molecule has 0 saturated carbocycles. The molecular weight excluding hydrogens is 237 g/mol. The van der Waals surface area contributed by atoms with Gasteiger partial charge in [0.05, 0.1) is 15.6 Å². The number of aromatic carboxylic acids is 1. The number of carbonyl (C=O) groups is 1. The summed E-state index contributed by atoms with van der Waals surface area (Å²) in [5.74, 6) is -1.08. The Balaban J connectivity index is 2.64. The van der Waals surface area contributed by atoms with Crippen LogP contribution in [0.3, 0.4) is 0 Å². The van der Waals surface area contributed by atoms with Crippen molar-refractivity contribution in [1.82, 2.24) is 5.32 Å². The van der Waals surface area contributed by atoms with Gasteiger partial charge >= 0.3 is 5.97 Å². The van der Waals surface area contributed by atoms with Gasteiger partial charge in [0, 0.05) is 6.54 Å². The summed E-state index contributed by atoms with van der Waals surface area (Å²) in [6, 6.07) is 1.68. The monoisotopic (exact) mass is 245 g/mol. The molecule has 1 aromatic carbocycles. The third kappa shape index (κ3) is 1.83. The van der Waals surface area contributed by atoms with E-state index in [1.807, 2.05) is 0 Å². The fraction of sp³-hybridized carbons (Fsp3) is 0.300. The number of hydrogen-bond donors (Lipinski definition) is 2. The maximum atomic E-state index is 10.9. The lowest BCUT2D eigenvalue weighted by Crippen LogP contribution is -2.24. The average molecular weight is 246 g/mol. The lowest BCUT2D eigenvalue weighted by molar-refractivity contribution is 0.0697. The topological polar surface area (TPSA) is 49.3 Å². The molecule has 0 bridgehead atoms. The molecule has 0 radical (unpaired) electrons. The Morgan fingerprint density at radius 1 is 1.47 bits per heavy atom. The van der Waals surface area contributed by atoms with Gasteiger partial charge in [-0.3, -0.25) is 0 Å². The number of fused-ring (bicyclic) bond motifs is 1. The van der Waals surface area contributed by atoms with E-state index in [-0.39, 0.29) is 15.6 Å². The highest BCUT2D eigenvalue weighted by molar-refractivity contribution is 6.39. The second kappa shape index (κ2) is 4.00. The maximum absolute atomic E-state index is 10.9. The van der Waals surface area contributed by atoms with Crippen LogP contribution in [0, 0.1) is 0 Å². The molecule has 0 spiro atoms. The van der Waals surface area contributed by atoms with Gasteiger partial charge in [0.25, 0.3) is 0 Å². The van der Waals surface area contributed by atoms with Gasteiger partial charge in [-0.05, 0) is 30.2 Å². The smallest absolute Gasteiger partial charge is 0.338 e. The Hall–Kier alpha value is -0.770. The molecule has 1 aliphatic heterocycles. The summed E-state index contributed by atoms with van der Waals surface area (Å²) in [7, 11) is 0. The van der Waals surface area contributed by atoms with Crippen molar-refractivity contribution in [2.45, 2.75) is 13.0 Å². The van der Waals surface area contributed by atoms with Crippen molar-refractivity contribution in [2.75, 3.05) is 6.54 Å². The van der Waals surface area contributed by atoms with Crippen LogP contribution in [0.4, 0.5) is 0 Å². The first-order chi connectivity index (χ1) is 7.11. The van der Waals surface area contributed by atoms with Crippen molar-refractivity contribution in [3.63, 3.8) is 0 Å². The number of hydrogen-bond acceptors (Lipinski definition) is 2. The molecule has 0 aliphatic carbocycles. The first kappa shape index (κ1) is 10.7. The van der Waals surface area contributed by atoms with E-state index in [1.165, 1.54) is 0 Å². The van der Waals surface area contributed by atoms with Gasteiger partial charge in [0.2, 0.25) is 0 Å². The van der Waals surface area contributed by atoms with Crippen LogP contribution in [0.25, 0.3) is 0 Å². The highest BCUT2D eigenvalue weighted by Gasteiger charge is 2.21. The van der Waals surface area contributed by atoms with E-state index in [0.29, 0.717) is 6.54 Å². The molecule has 15 heavy (non-hydrogen) atoms. The summed E-state index contributed by atoms with van der Waals surface area (Å²) in [6.07, 6.45) is 0.742. The van der Waals surface area contributed by atoms with E-state index in [4.69, 9.17) is 28.3 Å². The highest BCUT2D eigenvalue weighted by Crippen LogP contribution is 2.32. The molecule has 0 fully saturated rings. The first-order valence-corrected chi connectivity index (χ1v) is 5.30. The maximum Gasteiger partial charge on any atom is 0.338 e. The van der Waals surface area contributed by atoms with Crippen molar-refractivity contribution in [3.8, 4) is 0 Å². The normalized spacial score (nSPS) is 14.8. The number of nitrogens with one attached hydrogen (secondary N) is 1. The van der Waals surface area contributed by atoms with E-state index < -0.39 is 5.97 Å². The molecule has 0 aromatic heterocycles. The van der Waals surface area contributed by atoms with Crippen molar-refractivity contribution < 1.29 is 9.90 Å². The van der Waals surface area contributed by atoms with Gasteiger partial charge in [-0.15, -0.1) is 0 Å². The minimum absolute atomic E-state index is 0.0129. The summed E-state index contributed by atoms with van der Waals surface area (Å²) in [5, 5.41) is 12.6. The van der Waals surface area contributed by atoms with E-state index in [9.17, 15) is 4.79 Å². The molecule has 0 atom stereocenters. The standard InChI is InChI=1S/C10H9Cl2NO2/c11-7-3-5-4-13-2-1-6(5)9(12)8(7)10(14)15/h3,13H,1-2,4H2,(H,14,15). The summed E-state index contributed by atoms with van der Waals surface area (Å²) in [5.41, 5.74) is 1.90. The largest absolute Gasteiger partial charge is 0.478 e. The molecule has 1 heterocycles. The Bertz CT molecular complexity index is 432. The molecule has 1 aromatic rings. The molecule has 1 aliphatic rings. The van der Waals surface area contributed by atoms with Gasteiger partial charge in [-0.1, -0.05) is 23.2 Å². The second-order valence-electron chi connectivity index (χ2n) is 3.42. The molecule has 3 nitrogen and oxygen atoms in total. The zero-order valence-corrected chi connectivity index (χ0v) is 9.32. The van der Waals surface area contributed by atoms with Crippen molar-refractivity contribution >= 4 is 29.2 Å². The Kier molecular flexibility index (Phi) is 2.87. The number of benzene rings is 1. The van der Waals surface area contributed by atoms with Crippen molar-refractivity contribution in [2.24, 2.45) is 0 Å². The summed E-state index contributed by atoms with van der Waals surface area (Å²) >= 11 is 11.9. The number of carboxylic acids is 1. The van der Waals surface area contributed by atoms with Crippen LogP contribution in [0.1, 0.15) is 21.5 Å². The molecule has 0 unspecified atom stereocenters. The van der Waals surface area contributed by atoms with E-state index >= 15 is 0 Å². The highest BCUT2D eigenvalue weighted by atomic mass is 35.5. The van der Waals surface area contributed by atoms with Crippen molar-refractivity contribution in [3.05, 3.63) is 32.8 Å². The molecule has 5 heteroatoms. The lowest BCUT2D eigenvalue weighted by Gasteiger charge is -2.20. The van der Waals surface area contributed by atoms with Gasteiger partial charge in [-0.25, -0.2) is 4.79 Å². The predicted molar refractivity (Wildman–Crippen MR) is 58.8 cm³/mol. The van der Waals surface area contributed by atoms with Gasteiger partial charge in [-0.2, -0.15) is 0 Å². The predicted octanol–water partition coefficient (Wildman–Crippen LogP) is 2.34. The lowest BCUT2D eigenvalue weighted by atomic mass is 9.98. The van der Waals surface area contributed by atoms with E-state index in [0.717, 1.165) is 24.1 Å². The minimum atomic E-state index is -1.08. The van der Waals surface area contributed by atoms with Crippen LogP contribution in [0.5, 0.6) is 0 Å². The summed E-state index contributed by atoms with van der Waals surface area (Å²) in [6.45, 7) is 1.50. The summed E-state index contributed by atoms with van der Waals surface area (Å²) < 4.78 is 0. The SMILES string of the molecule is O=C(O)c1c(Cl)cc2c(c1Cl)CCNC2. The van der Waals surface area contributed by atoms with Gasteiger partial charge in [0.15, 0.2) is 0 Å². The third-order valence-electron chi connectivity index (χ3n) is 2.49. The number of carboxylic acid groups (broad SMARTS) is 1. The molecular formula is C10H9Cl2NO2. The fourth-order valence-corrected chi connectivity index (χ4v) is 2.52. The zero-order valence-electron chi connectivity index (χ0n) is 7.81. The molecule has 0 saturated heterocycles. The quantitative estimate of drug-likeness (QED) is 0.799. The number of halogens is 2. The van der Waals surface area contributed by atoms with E-state index in [1.54, 1.807) is 6.07 Å². The van der Waals surface area contributed by atoms with Crippen LogP contribution in [0.2, 0.25) is 10.0 Å². The Morgan fingerprint density at radius 3 is 2.87 bits per heavy atom. The first-order valence-electron chi connectivity index (χ1n) is 4.55. The van der Waals surface area contributed by atoms with E-state index in [2.05, 4.69) is 5.32 Å². The van der Waals surface area contributed by atoms with Gasteiger partial charge < -0.3 is 10.4 Å². The van der Waals surface area contributed by atoms with Crippen LogP contribution < -0.4 is 5.32 Å². The Morgan fingerprint density at radius 2 is 2.20 bits per heavy atom. The number of rotatable bonds is 1. The second-order valence-corrected chi connectivity index (χ2v) is 4.20. The summed E-state index contributed by atoms with van der Waals surface area (Å²) in [4.78, 5) is 10.9. The third-order valence-corrected chi connectivity index (χ3v) is 3.21. The van der Waals surface area contributed by atoms with Crippen LogP contribution >= 0.6 is 23.2 Å². The Labute approximate surface area is 97.0 Å².